The van der Waals surface area contributed by atoms with Gasteiger partial charge in [0.2, 0.25) is 0 Å². The fraction of sp³-hybridized carbons (Fsp3) is 0.800. The molecule has 0 saturated carbocycles. The molecule has 0 radical (unpaired) electrons. The monoisotopic (exact) mass is 224 g/mol. The molecule has 0 amide bonds. The minimum atomic E-state index is 0.983. The molecule has 0 heterocycles. The molecule has 0 spiro atoms. The van der Waals surface area contributed by atoms with Crippen LogP contribution in [-0.4, -0.2) is 6.29 Å². The average Bonchev–Trinajstić information content (AvgIpc) is 2.31. The van der Waals surface area contributed by atoms with Crippen molar-refractivity contribution in [1.82, 2.24) is 0 Å². The predicted octanol–water partition coefficient (Wildman–Crippen LogP) is 5.05. The Labute approximate surface area is 101 Å². The van der Waals surface area contributed by atoms with E-state index in [9.17, 15) is 4.79 Å². The van der Waals surface area contributed by atoms with Gasteiger partial charge in [-0.05, 0) is 31.3 Å². The molecule has 1 nitrogen and oxygen atoms in total. The van der Waals surface area contributed by atoms with Crippen LogP contribution in [0.5, 0.6) is 0 Å². The van der Waals surface area contributed by atoms with E-state index in [-0.39, 0.29) is 0 Å². The highest BCUT2D eigenvalue weighted by atomic mass is 16.1. The summed E-state index contributed by atoms with van der Waals surface area (Å²) < 4.78 is 0. The number of rotatable bonds is 11. The molecule has 1 heteroatoms. The Morgan fingerprint density at radius 2 is 1.50 bits per heavy atom. The van der Waals surface area contributed by atoms with Gasteiger partial charge in [-0.3, -0.25) is 4.79 Å². The van der Waals surface area contributed by atoms with E-state index in [2.05, 4.69) is 19.9 Å². The van der Waals surface area contributed by atoms with Crippen molar-refractivity contribution < 1.29 is 4.79 Å². The number of hydrogen-bond acceptors (Lipinski definition) is 1. The third-order valence-corrected chi connectivity index (χ3v) is 2.93. The number of carbonyl (C=O) groups is 1. The molecule has 0 aliphatic heterocycles. The molecular weight excluding hydrogens is 196 g/mol. The van der Waals surface area contributed by atoms with Gasteiger partial charge in [-0.1, -0.05) is 58.4 Å². The van der Waals surface area contributed by atoms with Gasteiger partial charge in [-0.25, -0.2) is 0 Å². The maximum atomic E-state index is 10.8. The molecule has 0 aromatic rings. The summed E-state index contributed by atoms with van der Waals surface area (Å²) in [5, 5.41) is 0. The zero-order valence-electron chi connectivity index (χ0n) is 11.1. The number of allylic oxidation sites excluding steroid dienone is 2. The summed E-state index contributed by atoms with van der Waals surface area (Å²) in [5.74, 6) is 0. The van der Waals surface area contributed by atoms with Crippen LogP contribution in [0.25, 0.3) is 0 Å². The van der Waals surface area contributed by atoms with Gasteiger partial charge >= 0.3 is 0 Å². The molecule has 0 saturated heterocycles. The Morgan fingerprint density at radius 3 is 2.06 bits per heavy atom. The van der Waals surface area contributed by atoms with Crippen molar-refractivity contribution in [2.24, 2.45) is 0 Å². The van der Waals surface area contributed by atoms with Gasteiger partial charge in [-0.15, -0.1) is 0 Å². The summed E-state index contributed by atoms with van der Waals surface area (Å²) in [7, 11) is 0. The summed E-state index contributed by atoms with van der Waals surface area (Å²) >= 11 is 0. The van der Waals surface area contributed by atoms with E-state index in [0.29, 0.717) is 0 Å². The molecule has 0 aromatic carbocycles. The largest absolute Gasteiger partial charge is 0.298 e. The van der Waals surface area contributed by atoms with Crippen LogP contribution >= 0.6 is 0 Å². The van der Waals surface area contributed by atoms with Crippen molar-refractivity contribution in [2.45, 2.75) is 78.1 Å². The molecular formula is C15H28O. The van der Waals surface area contributed by atoms with Crippen LogP contribution < -0.4 is 0 Å². The predicted molar refractivity (Wildman–Crippen MR) is 71.7 cm³/mol. The van der Waals surface area contributed by atoms with Crippen LogP contribution in [0.15, 0.2) is 11.6 Å². The van der Waals surface area contributed by atoms with E-state index in [4.69, 9.17) is 0 Å². The van der Waals surface area contributed by atoms with Gasteiger partial charge in [0.05, 0.1) is 0 Å². The Bertz CT molecular complexity index is 182. The van der Waals surface area contributed by atoms with Crippen LogP contribution in [0.1, 0.15) is 78.1 Å². The zero-order valence-corrected chi connectivity index (χ0v) is 11.1. The standard InChI is InChI=1S/C15H28O/c1-3-5-7-9-11-13-15(14-16)12-10-8-6-4-2/h13-14H,3-12H2,1-2H3/b15-13+. The third-order valence-electron chi connectivity index (χ3n) is 2.93. The van der Waals surface area contributed by atoms with E-state index >= 15 is 0 Å². The summed E-state index contributed by atoms with van der Waals surface area (Å²) in [5.41, 5.74) is 1.02. The smallest absolute Gasteiger partial charge is 0.145 e. The summed E-state index contributed by atoms with van der Waals surface area (Å²) in [6.07, 6.45) is 15.4. The first-order valence-corrected chi connectivity index (χ1v) is 6.99. The van der Waals surface area contributed by atoms with Crippen molar-refractivity contribution in [3.05, 3.63) is 11.6 Å². The molecule has 0 bridgehead atoms. The lowest BCUT2D eigenvalue weighted by Gasteiger charge is -2.00. The average molecular weight is 224 g/mol. The van der Waals surface area contributed by atoms with Gasteiger partial charge < -0.3 is 0 Å². The quantitative estimate of drug-likeness (QED) is 0.272. The molecule has 16 heavy (non-hydrogen) atoms. The molecule has 94 valence electrons. The lowest BCUT2D eigenvalue weighted by molar-refractivity contribution is -0.105. The van der Waals surface area contributed by atoms with Crippen LogP contribution in [0.2, 0.25) is 0 Å². The van der Waals surface area contributed by atoms with Crippen LogP contribution in [-0.2, 0) is 4.79 Å². The highest BCUT2D eigenvalue weighted by Gasteiger charge is 1.95. The van der Waals surface area contributed by atoms with Gasteiger partial charge in [0.25, 0.3) is 0 Å². The Hall–Kier alpha value is -0.590. The molecule has 0 aromatic heterocycles. The van der Waals surface area contributed by atoms with Crippen molar-refractivity contribution in [2.75, 3.05) is 0 Å². The highest BCUT2D eigenvalue weighted by Crippen LogP contribution is 2.11. The molecule has 0 aliphatic carbocycles. The maximum Gasteiger partial charge on any atom is 0.145 e. The van der Waals surface area contributed by atoms with E-state index in [1.165, 1.54) is 51.4 Å². The lowest BCUT2D eigenvalue weighted by Crippen LogP contribution is -1.87. The van der Waals surface area contributed by atoms with Crippen molar-refractivity contribution in [3.63, 3.8) is 0 Å². The van der Waals surface area contributed by atoms with Gasteiger partial charge in [0, 0.05) is 0 Å². The minimum absolute atomic E-state index is 0.983. The first-order chi connectivity index (χ1) is 7.85. The van der Waals surface area contributed by atoms with Gasteiger partial charge in [-0.2, -0.15) is 0 Å². The maximum absolute atomic E-state index is 10.8. The second kappa shape index (κ2) is 12.5. The van der Waals surface area contributed by atoms with E-state index in [0.717, 1.165) is 24.7 Å². The topological polar surface area (TPSA) is 17.1 Å². The molecule has 0 N–H and O–H groups in total. The van der Waals surface area contributed by atoms with Gasteiger partial charge in [0.15, 0.2) is 0 Å². The second-order valence-corrected chi connectivity index (χ2v) is 4.56. The van der Waals surface area contributed by atoms with Gasteiger partial charge in [0.1, 0.15) is 6.29 Å². The first kappa shape index (κ1) is 15.4. The molecule has 0 unspecified atom stereocenters. The SMILES string of the molecule is CCCCCC/C=C(/C=O)CCCCCC. The van der Waals surface area contributed by atoms with E-state index < -0.39 is 0 Å². The van der Waals surface area contributed by atoms with E-state index in [1.54, 1.807) is 0 Å². The number of unbranched alkanes of at least 4 members (excludes halogenated alkanes) is 7. The van der Waals surface area contributed by atoms with Crippen LogP contribution in [0.3, 0.4) is 0 Å². The minimum Gasteiger partial charge on any atom is -0.298 e. The highest BCUT2D eigenvalue weighted by molar-refractivity contribution is 5.72. The van der Waals surface area contributed by atoms with Crippen LogP contribution in [0, 0.1) is 0 Å². The van der Waals surface area contributed by atoms with Crippen molar-refractivity contribution >= 4 is 6.29 Å². The molecule has 0 fully saturated rings. The lowest BCUT2D eigenvalue weighted by atomic mass is 10.0. The summed E-state index contributed by atoms with van der Waals surface area (Å²) in [4.78, 5) is 10.8. The Kier molecular flexibility index (Phi) is 12.0. The first-order valence-electron chi connectivity index (χ1n) is 6.99. The number of hydrogen-bond donors (Lipinski definition) is 0. The molecule has 0 rings (SSSR count). The third kappa shape index (κ3) is 9.95. The molecule has 0 aliphatic rings. The summed E-state index contributed by atoms with van der Waals surface area (Å²) in [6.45, 7) is 4.44. The zero-order chi connectivity index (χ0) is 12.1. The molecule has 0 atom stereocenters. The van der Waals surface area contributed by atoms with Crippen molar-refractivity contribution in [3.8, 4) is 0 Å². The number of aldehydes is 1. The fourth-order valence-corrected chi connectivity index (χ4v) is 1.82. The van der Waals surface area contributed by atoms with Crippen molar-refractivity contribution in [1.29, 1.82) is 0 Å². The normalized spacial score (nSPS) is 11.8. The number of carbonyl (C=O) groups excluding carboxylic acids is 1. The van der Waals surface area contributed by atoms with Crippen LogP contribution in [0.4, 0.5) is 0 Å². The fourth-order valence-electron chi connectivity index (χ4n) is 1.82. The van der Waals surface area contributed by atoms with E-state index in [1.807, 2.05) is 0 Å². The Morgan fingerprint density at radius 1 is 0.875 bits per heavy atom. The second-order valence-electron chi connectivity index (χ2n) is 4.56. The Balaban J connectivity index is 3.54. The summed E-state index contributed by atoms with van der Waals surface area (Å²) in [6, 6.07) is 0.